The van der Waals surface area contributed by atoms with E-state index in [4.69, 9.17) is 4.74 Å². The van der Waals surface area contributed by atoms with Crippen LogP contribution >= 0.6 is 0 Å². The highest BCUT2D eigenvalue weighted by Crippen LogP contribution is 2.27. The van der Waals surface area contributed by atoms with Gasteiger partial charge < -0.3 is 45.6 Å². The SMILES string of the molecule is OCC1=CC(NC2[C@H](O)[C@H](O)CO[C@@]2(O)CO)C(O)C(O)C1O. The molecular formula is C13H23NO9. The summed E-state index contributed by atoms with van der Waals surface area (Å²) in [6.45, 7) is -1.86. The number of hydrogen-bond acceptors (Lipinski definition) is 10. The van der Waals surface area contributed by atoms with Crippen molar-refractivity contribution in [3.8, 4) is 0 Å². The summed E-state index contributed by atoms with van der Waals surface area (Å²) in [7, 11) is 0. The van der Waals surface area contributed by atoms with Crippen LogP contribution in [0.1, 0.15) is 0 Å². The molecule has 23 heavy (non-hydrogen) atoms. The van der Waals surface area contributed by atoms with Crippen molar-refractivity contribution < 1.29 is 45.6 Å². The standard InChI is InChI=1S/C13H23NO9/c15-2-5-1-6(9(19)11(21)8(5)18)14-12-10(20)7(17)3-23-13(12,22)4-16/h1,6-12,14-22H,2-4H2/t6?,7-,8?,9?,10-,11?,12?,13+/m1/s1. The van der Waals surface area contributed by atoms with Crippen molar-refractivity contribution in [2.75, 3.05) is 19.8 Å². The minimum absolute atomic E-state index is 0.0413. The lowest BCUT2D eigenvalue weighted by Crippen LogP contribution is -2.70. The van der Waals surface area contributed by atoms with E-state index >= 15 is 0 Å². The first-order chi connectivity index (χ1) is 10.7. The molecule has 10 nitrogen and oxygen atoms in total. The molecule has 1 saturated heterocycles. The van der Waals surface area contributed by atoms with Crippen LogP contribution in [-0.4, -0.2) is 109 Å². The summed E-state index contributed by atoms with van der Waals surface area (Å²) in [6.07, 6.45) is -6.20. The monoisotopic (exact) mass is 337 g/mol. The van der Waals surface area contributed by atoms with E-state index in [-0.39, 0.29) is 5.57 Å². The molecule has 2 aliphatic rings. The average molecular weight is 337 g/mol. The second-order valence-corrected chi connectivity index (χ2v) is 5.87. The summed E-state index contributed by atoms with van der Waals surface area (Å²) < 4.78 is 4.96. The third kappa shape index (κ3) is 3.42. The highest BCUT2D eigenvalue weighted by Gasteiger charge is 2.51. The number of hydrogen-bond donors (Lipinski definition) is 9. The van der Waals surface area contributed by atoms with Gasteiger partial charge in [-0.05, 0) is 5.57 Å². The minimum Gasteiger partial charge on any atom is -0.392 e. The van der Waals surface area contributed by atoms with Crippen LogP contribution in [0.3, 0.4) is 0 Å². The smallest absolute Gasteiger partial charge is 0.207 e. The number of rotatable bonds is 4. The van der Waals surface area contributed by atoms with Crippen LogP contribution in [0.2, 0.25) is 0 Å². The second-order valence-electron chi connectivity index (χ2n) is 5.87. The van der Waals surface area contributed by atoms with Gasteiger partial charge in [0.05, 0.1) is 31.9 Å². The van der Waals surface area contributed by atoms with Gasteiger partial charge in [-0.3, -0.25) is 5.32 Å². The molecular weight excluding hydrogens is 314 g/mol. The first-order valence-electron chi connectivity index (χ1n) is 7.20. The number of ether oxygens (including phenoxy) is 1. The lowest BCUT2D eigenvalue weighted by atomic mass is 9.86. The molecule has 0 radical (unpaired) electrons. The molecule has 1 aliphatic heterocycles. The van der Waals surface area contributed by atoms with Crippen molar-refractivity contribution >= 4 is 0 Å². The van der Waals surface area contributed by atoms with Crippen LogP contribution in [0.15, 0.2) is 11.6 Å². The fraction of sp³-hybridized carbons (Fsp3) is 0.846. The Kier molecular flexibility index (Phi) is 5.74. The Labute approximate surface area is 131 Å². The highest BCUT2D eigenvalue weighted by molar-refractivity contribution is 5.22. The van der Waals surface area contributed by atoms with Crippen molar-refractivity contribution in [2.45, 2.75) is 48.4 Å². The van der Waals surface area contributed by atoms with Crippen molar-refractivity contribution in [1.82, 2.24) is 5.32 Å². The van der Waals surface area contributed by atoms with Gasteiger partial charge in [0.2, 0.25) is 5.79 Å². The van der Waals surface area contributed by atoms with Gasteiger partial charge in [-0.25, -0.2) is 0 Å². The molecule has 8 atom stereocenters. The van der Waals surface area contributed by atoms with Crippen molar-refractivity contribution in [1.29, 1.82) is 0 Å². The minimum atomic E-state index is -2.22. The van der Waals surface area contributed by atoms with Crippen molar-refractivity contribution in [3.63, 3.8) is 0 Å². The van der Waals surface area contributed by atoms with Gasteiger partial charge in [0, 0.05) is 0 Å². The van der Waals surface area contributed by atoms with Crippen molar-refractivity contribution in [3.05, 3.63) is 11.6 Å². The molecule has 2 rings (SSSR count). The van der Waals surface area contributed by atoms with E-state index in [0.29, 0.717) is 0 Å². The number of aliphatic hydroxyl groups is 8. The molecule has 9 N–H and O–H groups in total. The Bertz CT molecular complexity index is 447. The number of aliphatic hydroxyl groups excluding tert-OH is 7. The Balaban J connectivity index is 2.25. The second kappa shape index (κ2) is 7.07. The lowest BCUT2D eigenvalue weighted by molar-refractivity contribution is -0.300. The van der Waals surface area contributed by atoms with Gasteiger partial charge in [-0.2, -0.15) is 0 Å². The average Bonchev–Trinajstić information content (AvgIpc) is 2.55. The fourth-order valence-electron chi connectivity index (χ4n) is 2.83. The summed E-state index contributed by atoms with van der Waals surface area (Å²) >= 11 is 0. The van der Waals surface area contributed by atoms with Gasteiger partial charge in [-0.15, -0.1) is 0 Å². The summed E-state index contributed by atoms with van der Waals surface area (Å²) in [6, 6.07) is -2.48. The van der Waals surface area contributed by atoms with Crippen LogP contribution in [-0.2, 0) is 4.74 Å². The maximum absolute atomic E-state index is 10.2. The highest BCUT2D eigenvalue weighted by atomic mass is 16.6. The maximum Gasteiger partial charge on any atom is 0.207 e. The van der Waals surface area contributed by atoms with Crippen LogP contribution < -0.4 is 5.32 Å². The summed E-state index contributed by atoms with van der Waals surface area (Å²) in [5, 5.41) is 80.5. The Hall–Kier alpha value is -0.660. The molecule has 0 spiro atoms. The molecule has 10 heteroatoms. The van der Waals surface area contributed by atoms with E-state index in [1.807, 2.05) is 0 Å². The van der Waals surface area contributed by atoms with E-state index in [2.05, 4.69) is 5.32 Å². The molecule has 134 valence electrons. The molecule has 0 aromatic rings. The van der Waals surface area contributed by atoms with E-state index in [0.717, 1.165) is 0 Å². The fourth-order valence-corrected chi connectivity index (χ4v) is 2.83. The molecule has 0 bridgehead atoms. The lowest BCUT2D eigenvalue weighted by Gasteiger charge is -2.46. The van der Waals surface area contributed by atoms with Gasteiger partial charge in [0.15, 0.2) is 0 Å². The van der Waals surface area contributed by atoms with E-state index in [9.17, 15) is 40.9 Å². The van der Waals surface area contributed by atoms with E-state index in [1.54, 1.807) is 0 Å². The maximum atomic E-state index is 10.2. The van der Waals surface area contributed by atoms with Gasteiger partial charge in [0.1, 0.15) is 30.5 Å². The predicted octanol–water partition coefficient (Wildman–Crippen LogP) is -5.24. The molecule has 0 saturated carbocycles. The molecule has 5 unspecified atom stereocenters. The van der Waals surface area contributed by atoms with E-state index in [1.165, 1.54) is 6.08 Å². The third-order valence-corrected chi connectivity index (χ3v) is 4.32. The topological polar surface area (TPSA) is 183 Å². The molecule has 1 heterocycles. The van der Waals surface area contributed by atoms with Crippen LogP contribution in [0, 0.1) is 0 Å². The zero-order chi connectivity index (χ0) is 17.4. The van der Waals surface area contributed by atoms with Gasteiger partial charge in [-0.1, -0.05) is 6.08 Å². The zero-order valence-corrected chi connectivity index (χ0v) is 12.2. The van der Waals surface area contributed by atoms with Crippen molar-refractivity contribution in [2.24, 2.45) is 0 Å². The van der Waals surface area contributed by atoms with Crippen LogP contribution in [0.5, 0.6) is 0 Å². The quantitative estimate of drug-likeness (QED) is 0.225. The molecule has 0 aromatic heterocycles. The Morgan fingerprint density at radius 1 is 1.09 bits per heavy atom. The Morgan fingerprint density at radius 2 is 1.74 bits per heavy atom. The number of nitrogens with one attached hydrogen (secondary N) is 1. The molecule has 0 amide bonds. The van der Waals surface area contributed by atoms with Crippen LogP contribution in [0.4, 0.5) is 0 Å². The first kappa shape index (κ1) is 18.7. The zero-order valence-electron chi connectivity index (χ0n) is 12.2. The van der Waals surface area contributed by atoms with Gasteiger partial charge in [0.25, 0.3) is 0 Å². The Morgan fingerprint density at radius 3 is 2.30 bits per heavy atom. The molecule has 0 aromatic carbocycles. The summed E-state index contributed by atoms with van der Waals surface area (Å²) in [4.78, 5) is 0. The van der Waals surface area contributed by atoms with Crippen LogP contribution in [0.25, 0.3) is 0 Å². The first-order valence-corrected chi connectivity index (χ1v) is 7.20. The van der Waals surface area contributed by atoms with Gasteiger partial charge >= 0.3 is 0 Å². The molecule has 1 aliphatic carbocycles. The van der Waals surface area contributed by atoms with E-state index < -0.39 is 68.2 Å². The third-order valence-electron chi connectivity index (χ3n) is 4.32. The predicted molar refractivity (Wildman–Crippen MR) is 73.9 cm³/mol. The summed E-state index contributed by atoms with van der Waals surface area (Å²) in [5.74, 6) is -2.22. The summed E-state index contributed by atoms with van der Waals surface area (Å²) in [5.41, 5.74) is 0.0413. The largest absolute Gasteiger partial charge is 0.392 e. The molecule has 1 fully saturated rings. The normalized spacial score (nSPS) is 48.2.